The summed E-state index contributed by atoms with van der Waals surface area (Å²) in [5, 5.41) is 14.0. The lowest BCUT2D eigenvalue weighted by molar-refractivity contribution is -0.116. The number of amides is 2. The number of carbonyl (C=O) groups excluding carboxylic acids is 2. The molecule has 6 heteroatoms. The van der Waals surface area contributed by atoms with Crippen molar-refractivity contribution in [1.29, 1.82) is 5.26 Å². The number of carbonyl (C=O) groups is 2. The molecule has 2 amide bonds. The Balaban J connectivity index is 2.05. The first kappa shape index (κ1) is 15.9. The quantitative estimate of drug-likeness (QED) is 0.667. The standard InChI is InChI=1S/C17H14N4O2/c1-12-6-5-9-15(20-12)19-11-14(10-18)17(23)21-16(22)13-7-3-2-4-8-13/h2-9,11H,1H3,(H,19,20)(H,21,22,23). The lowest BCUT2D eigenvalue weighted by Crippen LogP contribution is -2.31. The third-order valence-corrected chi connectivity index (χ3v) is 2.88. The molecule has 2 N–H and O–H groups in total. The molecule has 1 aromatic heterocycles. The van der Waals surface area contributed by atoms with E-state index in [0.29, 0.717) is 11.4 Å². The predicted octanol–water partition coefficient (Wildman–Crippen LogP) is 2.17. The number of hydrogen-bond acceptors (Lipinski definition) is 5. The van der Waals surface area contributed by atoms with Gasteiger partial charge < -0.3 is 5.32 Å². The molecule has 0 saturated carbocycles. The second kappa shape index (κ2) is 7.52. The van der Waals surface area contributed by atoms with Gasteiger partial charge in [-0.1, -0.05) is 24.3 Å². The van der Waals surface area contributed by atoms with Gasteiger partial charge in [0.15, 0.2) is 0 Å². The van der Waals surface area contributed by atoms with Crippen molar-refractivity contribution in [3.8, 4) is 6.07 Å². The molecule has 0 fully saturated rings. The Hall–Kier alpha value is -3.46. The molecule has 1 aromatic carbocycles. The van der Waals surface area contributed by atoms with Crippen molar-refractivity contribution in [1.82, 2.24) is 10.3 Å². The van der Waals surface area contributed by atoms with Crippen LogP contribution >= 0.6 is 0 Å². The van der Waals surface area contributed by atoms with Crippen LogP contribution in [0.3, 0.4) is 0 Å². The maximum Gasteiger partial charge on any atom is 0.270 e. The summed E-state index contributed by atoms with van der Waals surface area (Å²) in [6.45, 7) is 1.82. The summed E-state index contributed by atoms with van der Waals surface area (Å²) in [6, 6.07) is 15.4. The van der Waals surface area contributed by atoms with Crippen molar-refractivity contribution in [3.63, 3.8) is 0 Å². The number of nitriles is 1. The highest BCUT2D eigenvalue weighted by Crippen LogP contribution is 2.05. The lowest BCUT2D eigenvalue weighted by Gasteiger charge is -2.04. The minimum absolute atomic E-state index is 0.224. The van der Waals surface area contributed by atoms with E-state index in [0.717, 1.165) is 5.69 Å². The molecule has 0 spiro atoms. The van der Waals surface area contributed by atoms with Crippen molar-refractivity contribution in [2.24, 2.45) is 0 Å². The smallest absolute Gasteiger partial charge is 0.270 e. The molecular formula is C17H14N4O2. The number of imide groups is 1. The van der Waals surface area contributed by atoms with Crippen LogP contribution in [0.5, 0.6) is 0 Å². The van der Waals surface area contributed by atoms with Crippen molar-refractivity contribution in [3.05, 3.63) is 71.6 Å². The number of benzene rings is 1. The Morgan fingerprint density at radius 2 is 1.87 bits per heavy atom. The molecule has 0 aliphatic rings. The zero-order valence-electron chi connectivity index (χ0n) is 12.4. The fourth-order valence-corrected chi connectivity index (χ4v) is 1.75. The molecule has 23 heavy (non-hydrogen) atoms. The van der Waals surface area contributed by atoms with Crippen LogP contribution in [0.1, 0.15) is 16.1 Å². The van der Waals surface area contributed by atoms with E-state index < -0.39 is 11.8 Å². The van der Waals surface area contributed by atoms with Crippen LogP contribution in [0.2, 0.25) is 0 Å². The second-order valence-electron chi connectivity index (χ2n) is 4.63. The number of nitrogens with one attached hydrogen (secondary N) is 2. The fourth-order valence-electron chi connectivity index (χ4n) is 1.75. The van der Waals surface area contributed by atoms with E-state index in [1.165, 1.54) is 6.20 Å². The average molecular weight is 306 g/mol. The van der Waals surface area contributed by atoms with Gasteiger partial charge >= 0.3 is 0 Å². The van der Waals surface area contributed by atoms with E-state index in [4.69, 9.17) is 5.26 Å². The number of pyridine rings is 1. The molecule has 0 bridgehead atoms. The van der Waals surface area contributed by atoms with Crippen molar-refractivity contribution in [2.75, 3.05) is 5.32 Å². The number of nitrogens with zero attached hydrogens (tertiary/aromatic N) is 2. The van der Waals surface area contributed by atoms with Gasteiger partial charge in [0, 0.05) is 17.5 Å². The Kier molecular flexibility index (Phi) is 5.21. The molecule has 2 rings (SSSR count). The maximum absolute atomic E-state index is 12.0. The van der Waals surface area contributed by atoms with Gasteiger partial charge in [-0.05, 0) is 31.2 Å². The van der Waals surface area contributed by atoms with E-state index >= 15 is 0 Å². The van der Waals surface area contributed by atoms with E-state index in [-0.39, 0.29) is 5.57 Å². The molecule has 6 nitrogen and oxygen atoms in total. The van der Waals surface area contributed by atoms with Gasteiger partial charge in [-0.15, -0.1) is 0 Å². The van der Waals surface area contributed by atoms with Gasteiger partial charge in [0.25, 0.3) is 11.8 Å². The van der Waals surface area contributed by atoms with Crippen molar-refractivity contribution < 1.29 is 9.59 Å². The van der Waals surface area contributed by atoms with Gasteiger partial charge in [0.1, 0.15) is 17.5 Å². The van der Waals surface area contributed by atoms with Crippen LogP contribution < -0.4 is 10.6 Å². The molecule has 0 aliphatic heterocycles. The Labute approximate surface area is 133 Å². The molecule has 0 radical (unpaired) electrons. The van der Waals surface area contributed by atoms with E-state index in [1.54, 1.807) is 48.5 Å². The summed E-state index contributed by atoms with van der Waals surface area (Å²) in [4.78, 5) is 28.0. The zero-order valence-corrected chi connectivity index (χ0v) is 12.4. The van der Waals surface area contributed by atoms with Crippen LogP contribution in [0.4, 0.5) is 5.82 Å². The molecule has 114 valence electrons. The first-order valence-electron chi connectivity index (χ1n) is 6.81. The van der Waals surface area contributed by atoms with Gasteiger partial charge in [-0.3, -0.25) is 14.9 Å². The third-order valence-electron chi connectivity index (χ3n) is 2.88. The monoisotopic (exact) mass is 306 g/mol. The first-order chi connectivity index (χ1) is 11.1. The van der Waals surface area contributed by atoms with Crippen molar-refractivity contribution in [2.45, 2.75) is 6.92 Å². The summed E-state index contributed by atoms with van der Waals surface area (Å²) in [5.41, 5.74) is 0.912. The van der Waals surface area contributed by atoms with Gasteiger partial charge in [-0.25, -0.2) is 4.98 Å². The number of aryl methyl sites for hydroxylation is 1. The average Bonchev–Trinajstić information content (AvgIpc) is 2.56. The summed E-state index contributed by atoms with van der Waals surface area (Å²) in [5.74, 6) is -0.841. The van der Waals surface area contributed by atoms with E-state index in [9.17, 15) is 9.59 Å². The predicted molar refractivity (Wildman–Crippen MR) is 85.2 cm³/mol. The Bertz CT molecular complexity index is 792. The van der Waals surface area contributed by atoms with E-state index in [1.807, 2.05) is 13.0 Å². The largest absolute Gasteiger partial charge is 0.345 e. The molecule has 0 saturated heterocycles. The molecular weight excluding hydrogens is 292 g/mol. The van der Waals surface area contributed by atoms with Crippen LogP contribution in [0.15, 0.2) is 60.3 Å². The minimum Gasteiger partial charge on any atom is -0.345 e. The number of anilines is 1. The Morgan fingerprint density at radius 3 is 2.52 bits per heavy atom. The van der Waals surface area contributed by atoms with Crippen molar-refractivity contribution >= 4 is 17.6 Å². The zero-order chi connectivity index (χ0) is 16.7. The normalized spacial score (nSPS) is 10.5. The topological polar surface area (TPSA) is 94.9 Å². The number of aromatic nitrogens is 1. The van der Waals surface area contributed by atoms with Gasteiger partial charge in [0.05, 0.1) is 0 Å². The highest BCUT2D eigenvalue weighted by atomic mass is 16.2. The summed E-state index contributed by atoms with van der Waals surface area (Å²) in [7, 11) is 0. The third kappa shape index (κ3) is 4.51. The summed E-state index contributed by atoms with van der Waals surface area (Å²) >= 11 is 0. The number of hydrogen-bond donors (Lipinski definition) is 2. The Morgan fingerprint density at radius 1 is 1.13 bits per heavy atom. The van der Waals surface area contributed by atoms with Gasteiger partial charge in [-0.2, -0.15) is 5.26 Å². The van der Waals surface area contributed by atoms with E-state index in [2.05, 4.69) is 15.6 Å². The fraction of sp³-hybridized carbons (Fsp3) is 0.0588. The SMILES string of the molecule is Cc1cccc(NC=C(C#N)C(=O)NC(=O)c2ccccc2)n1. The maximum atomic E-state index is 12.0. The highest BCUT2D eigenvalue weighted by Gasteiger charge is 2.14. The van der Waals surface area contributed by atoms with Crippen LogP contribution in [-0.2, 0) is 4.79 Å². The molecule has 1 heterocycles. The molecule has 0 aliphatic carbocycles. The van der Waals surface area contributed by atoms with Gasteiger partial charge in [0.2, 0.25) is 0 Å². The van der Waals surface area contributed by atoms with Crippen LogP contribution in [0, 0.1) is 18.3 Å². The lowest BCUT2D eigenvalue weighted by atomic mass is 10.2. The highest BCUT2D eigenvalue weighted by molar-refractivity contribution is 6.11. The minimum atomic E-state index is -0.776. The number of rotatable bonds is 4. The van der Waals surface area contributed by atoms with Crippen LogP contribution in [-0.4, -0.2) is 16.8 Å². The second-order valence-corrected chi connectivity index (χ2v) is 4.63. The molecule has 0 atom stereocenters. The summed E-state index contributed by atoms with van der Waals surface area (Å²) in [6.07, 6.45) is 1.22. The first-order valence-corrected chi connectivity index (χ1v) is 6.81. The van der Waals surface area contributed by atoms with Crippen LogP contribution in [0.25, 0.3) is 0 Å². The summed E-state index contributed by atoms with van der Waals surface area (Å²) < 4.78 is 0. The molecule has 2 aromatic rings. The molecule has 0 unspecified atom stereocenters.